The van der Waals surface area contributed by atoms with Gasteiger partial charge in [0, 0.05) is 23.5 Å². The molecule has 0 aliphatic heterocycles. The van der Waals surface area contributed by atoms with Crippen LogP contribution in [0.5, 0.6) is 0 Å². The number of fused-ring (bicyclic) bond motifs is 1. The molecule has 0 saturated carbocycles. The fourth-order valence-electron chi connectivity index (χ4n) is 3.34. The SMILES string of the molecule is C=C(OCC)c1cc(N=C(c2ccccc2)c2ccccc2)cn2cc(C)nc12. The maximum Gasteiger partial charge on any atom is 0.148 e. The molecule has 0 radical (unpaired) electrons. The van der Waals surface area contributed by atoms with Gasteiger partial charge in [-0.3, -0.25) is 0 Å². The van der Waals surface area contributed by atoms with E-state index in [-0.39, 0.29) is 0 Å². The van der Waals surface area contributed by atoms with Crippen molar-refractivity contribution in [3.8, 4) is 0 Å². The third-order valence-electron chi connectivity index (χ3n) is 4.61. The van der Waals surface area contributed by atoms with Crippen molar-refractivity contribution < 1.29 is 4.74 Å². The second-order valence-corrected chi connectivity index (χ2v) is 6.77. The Morgan fingerprint density at radius 2 is 1.62 bits per heavy atom. The second-order valence-electron chi connectivity index (χ2n) is 6.77. The third-order valence-corrected chi connectivity index (χ3v) is 4.61. The number of aryl methyl sites for hydroxylation is 1. The normalized spacial score (nSPS) is 10.7. The molecule has 0 fully saturated rings. The van der Waals surface area contributed by atoms with Crippen molar-refractivity contribution in [1.29, 1.82) is 0 Å². The summed E-state index contributed by atoms with van der Waals surface area (Å²) in [5, 5.41) is 0. The molecule has 0 bridgehead atoms. The maximum atomic E-state index is 5.68. The molecule has 2 heterocycles. The van der Waals surface area contributed by atoms with E-state index in [9.17, 15) is 0 Å². The second kappa shape index (κ2) is 8.15. The van der Waals surface area contributed by atoms with E-state index in [0.29, 0.717) is 12.4 Å². The first kappa shape index (κ1) is 18.7. The van der Waals surface area contributed by atoms with Gasteiger partial charge in [0.1, 0.15) is 11.4 Å². The smallest absolute Gasteiger partial charge is 0.148 e. The monoisotopic (exact) mass is 381 g/mol. The molecule has 0 aliphatic carbocycles. The van der Waals surface area contributed by atoms with Crippen LogP contribution in [-0.2, 0) is 4.74 Å². The number of hydrogen-bond donors (Lipinski definition) is 0. The summed E-state index contributed by atoms with van der Waals surface area (Å²) in [7, 11) is 0. The molecular formula is C25H23N3O. The van der Waals surface area contributed by atoms with Gasteiger partial charge in [0.2, 0.25) is 0 Å². The number of hydrogen-bond acceptors (Lipinski definition) is 3. The van der Waals surface area contributed by atoms with Crippen molar-refractivity contribution in [1.82, 2.24) is 9.38 Å². The molecule has 4 heteroatoms. The highest BCUT2D eigenvalue weighted by atomic mass is 16.5. The predicted molar refractivity (Wildman–Crippen MR) is 119 cm³/mol. The first-order valence-electron chi connectivity index (χ1n) is 9.66. The summed E-state index contributed by atoms with van der Waals surface area (Å²) in [6.07, 6.45) is 3.98. The van der Waals surface area contributed by atoms with E-state index in [4.69, 9.17) is 9.73 Å². The summed E-state index contributed by atoms with van der Waals surface area (Å²) in [5.41, 5.74) is 6.45. The summed E-state index contributed by atoms with van der Waals surface area (Å²) >= 11 is 0. The van der Waals surface area contributed by atoms with Gasteiger partial charge in [-0.2, -0.15) is 0 Å². The fraction of sp³-hybridized carbons (Fsp3) is 0.120. The lowest BCUT2D eigenvalue weighted by Gasteiger charge is -2.11. The molecule has 2 aromatic carbocycles. The Kier molecular flexibility index (Phi) is 5.25. The average Bonchev–Trinajstić information content (AvgIpc) is 3.13. The summed E-state index contributed by atoms with van der Waals surface area (Å²) < 4.78 is 7.67. The highest BCUT2D eigenvalue weighted by molar-refractivity contribution is 6.14. The minimum Gasteiger partial charge on any atom is -0.494 e. The van der Waals surface area contributed by atoms with E-state index < -0.39 is 0 Å². The number of benzene rings is 2. The van der Waals surface area contributed by atoms with E-state index in [1.807, 2.05) is 73.1 Å². The molecule has 2 aromatic heterocycles. The standard InChI is InChI=1S/C25H23N3O/c1-4-29-19(3)23-15-22(17-28-16-18(2)26-25(23)28)27-24(20-11-7-5-8-12-20)21-13-9-6-10-14-21/h5-17H,3-4H2,1-2H3. The van der Waals surface area contributed by atoms with Gasteiger partial charge in [-0.05, 0) is 19.9 Å². The van der Waals surface area contributed by atoms with E-state index in [0.717, 1.165) is 39.4 Å². The molecule has 0 aliphatic rings. The average molecular weight is 381 g/mol. The number of pyridine rings is 1. The molecule has 4 aromatic rings. The van der Waals surface area contributed by atoms with Crippen molar-refractivity contribution in [2.75, 3.05) is 6.61 Å². The molecule has 0 amide bonds. The van der Waals surface area contributed by atoms with Crippen LogP contribution in [0, 0.1) is 6.92 Å². The van der Waals surface area contributed by atoms with Gasteiger partial charge in [-0.1, -0.05) is 67.2 Å². The Hall–Kier alpha value is -3.66. The first-order chi connectivity index (χ1) is 14.2. The van der Waals surface area contributed by atoms with Crippen LogP contribution in [0.1, 0.15) is 29.3 Å². The zero-order chi connectivity index (χ0) is 20.2. The topological polar surface area (TPSA) is 38.9 Å². The Morgan fingerprint density at radius 3 is 2.21 bits per heavy atom. The van der Waals surface area contributed by atoms with E-state index in [1.165, 1.54) is 0 Å². The van der Waals surface area contributed by atoms with E-state index in [1.54, 1.807) is 0 Å². The number of aliphatic imine (C=N–C) groups is 1. The number of imidazole rings is 1. The van der Waals surface area contributed by atoms with Crippen molar-refractivity contribution in [3.05, 3.63) is 108 Å². The summed E-state index contributed by atoms with van der Waals surface area (Å²) in [6.45, 7) is 8.56. The van der Waals surface area contributed by atoms with Gasteiger partial charge in [0.15, 0.2) is 0 Å². The van der Waals surface area contributed by atoms with Gasteiger partial charge in [0.25, 0.3) is 0 Å². The minimum absolute atomic E-state index is 0.553. The molecule has 0 spiro atoms. The molecule has 0 atom stereocenters. The van der Waals surface area contributed by atoms with Crippen LogP contribution in [0.2, 0.25) is 0 Å². The van der Waals surface area contributed by atoms with Crippen LogP contribution in [-0.4, -0.2) is 21.7 Å². The van der Waals surface area contributed by atoms with Gasteiger partial charge >= 0.3 is 0 Å². The van der Waals surface area contributed by atoms with Crippen LogP contribution < -0.4 is 0 Å². The number of rotatable bonds is 6. The molecule has 4 nitrogen and oxygen atoms in total. The van der Waals surface area contributed by atoms with Gasteiger partial charge in [-0.15, -0.1) is 0 Å². The zero-order valence-electron chi connectivity index (χ0n) is 16.7. The van der Waals surface area contributed by atoms with Crippen molar-refractivity contribution in [2.45, 2.75) is 13.8 Å². The van der Waals surface area contributed by atoms with Crippen LogP contribution in [0.15, 0.2) is 90.7 Å². The molecule has 4 rings (SSSR count). The van der Waals surface area contributed by atoms with E-state index in [2.05, 4.69) is 35.8 Å². The first-order valence-corrected chi connectivity index (χ1v) is 9.66. The Morgan fingerprint density at radius 1 is 1.00 bits per heavy atom. The lowest BCUT2D eigenvalue weighted by Crippen LogP contribution is -2.03. The molecule has 0 saturated heterocycles. The van der Waals surface area contributed by atoms with Crippen molar-refractivity contribution >= 4 is 22.8 Å². The summed E-state index contributed by atoms with van der Waals surface area (Å²) in [4.78, 5) is 9.66. The number of nitrogens with zero attached hydrogens (tertiary/aromatic N) is 3. The van der Waals surface area contributed by atoms with Gasteiger partial charge in [0.05, 0.1) is 29.3 Å². The lowest BCUT2D eigenvalue weighted by atomic mass is 10.0. The van der Waals surface area contributed by atoms with Crippen molar-refractivity contribution in [2.24, 2.45) is 4.99 Å². The van der Waals surface area contributed by atoms with Crippen LogP contribution >= 0.6 is 0 Å². The van der Waals surface area contributed by atoms with Gasteiger partial charge < -0.3 is 9.14 Å². The van der Waals surface area contributed by atoms with Crippen molar-refractivity contribution in [3.63, 3.8) is 0 Å². The minimum atomic E-state index is 0.553. The maximum absolute atomic E-state index is 5.68. The van der Waals surface area contributed by atoms with Gasteiger partial charge in [-0.25, -0.2) is 9.98 Å². The predicted octanol–water partition coefficient (Wildman–Crippen LogP) is 5.82. The highest BCUT2D eigenvalue weighted by Crippen LogP contribution is 2.27. The zero-order valence-corrected chi connectivity index (χ0v) is 16.7. The van der Waals surface area contributed by atoms with E-state index >= 15 is 0 Å². The lowest BCUT2D eigenvalue weighted by molar-refractivity contribution is 0.299. The van der Waals surface area contributed by atoms with Crippen LogP contribution in [0.25, 0.3) is 11.4 Å². The molecular weight excluding hydrogens is 358 g/mol. The highest BCUT2D eigenvalue weighted by Gasteiger charge is 2.13. The number of ether oxygens (including phenoxy) is 1. The largest absolute Gasteiger partial charge is 0.494 e. The van der Waals surface area contributed by atoms with Crippen LogP contribution in [0.4, 0.5) is 5.69 Å². The van der Waals surface area contributed by atoms with Crippen LogP contribution in [0.3, 0.4) is 0 Å². The Balaban J connectivity index is 1.91. The molecule has 29 heavy (non-hydrogen) atoms. The fourth-order valence-corrected chi connectivity index (χ4v) is 3.34. The molecule has 144 valence electrons. The third kappa shape index (κ3) is 3.97. The summed E-state index contributed by atoms with van der Waals surface area (Å²) in [5.74, 6) is 0.598. The summed E-state index contributed by atoms with van der Waals surface area (Å²) in [6, 6.07) is 22.4. The molecule has 0 unspecified atom stereocenters. The molecule has 0 N–H and O–H groups in total. The Labute approximate surface area is 170 Å². The number of aromatic nitrogens is 2. The quantitative estimate of drug-likeness (QED) is 0.312. The Bertz CT molecular complexity index is 1130.